The maximum Gasteiger partial charge on any atom is 0.373 e. The Morgan fingerprint density at radius 2 is 1.50 bits per heavy atom. The van der Waals surface area contributed by atoms with E-state index >= 15 is 0 Å². The van der Waals surface area contributed by atoms with Crippen LogP contribution >= 0.6 is 0 Å². The van der Waals surface area contributed by atoms with Crippen molar-refractivity contribution < 1.29 is 19.3 Å². The lowest BCUT2D eigenvalue weighted by Crippen LogP contribution is -2.44. The Kier molecular flexibility index (Phi) is 5.41. The standard InChI is InChI=1S/C18H34O4/c1-15(2,3)12-10-11-13(16(4,5)6)18(21-22-18)14(19)20-17(7,8)9/h13H,10-12H2,1-9H3. The summed E-state index contributed by atoms with van der Waals surface area (Å²) in [7, 11) is 0. The highest BCUT2D eigenvalue weighted by Gasteiger charge is 2.66. The molecule has 0 amide bonds. The zero-order valence-electron chi connectivity index (χ0n) is 15.8. The van der Waals surface area contributed by atoms with Crippen LogP contribution in [0.2, 0.25) is 0 Å². The zero-order chi connectivity index (χ0) is 17.4. The van der Waals surface area contributed by atoms with Gasteiger partial charge in [0.2, 0.25) is 0 Å². The fourth-order valence-electron chi connectivity index (χ4n) is 2.75. The molecule has 0 aromatic rings. The van der Waals surface area contributed by atoms with Crippen LogP contribution in [0, 0.1) is 16.7 Å². The van der Waals surface area contributed by atoms with Gasteiger partial charge in [-0.25, -0.2) is 4.79 Å². The summed E-state index contributed by atoms with van der Waals surface area (Å²) in [5.74, 6) is -1.66. The average molecular weight is 314 g/mol. The van der Waals surface area contributed by atoms with Crippen molar-refractivity contribution in [1.29, 1.82) is 0 Å². The molecule has 130 valence electrons. The monoisotopic (exact) mass is 314 g/mol. The summed E-state index contributed by atoms with van der Waals surface area (Å²) in [6.07, 6.45) is 3.01. The van der Waals surface area contributed by atoms with Crippen molar-refractivity contribution in [3.05, 3.63) is 0 Å². The van der Waals surface area contributed by atoms with Gasteiger partial charge in [0.25, 0.3) is 0 Å². The van der Waals surface area contributed by atoms with E-state index < -0.39 is 17.4 Å². The number of ether oxygens (including phenoxy) is 1. The van der Waals surface area contributed by atoms with Gasteiger partial charge >= 0.3 is 11.8 Å². The Bertz CT molecular complexity index is 389. The lowest BCUT2D eigenvalue weighted by atomic mass is 9.72. The van der Waals surface area contributed by atoms with Gasteiger partial charge in [-0.15, -0.1) is 0 Å². The molecule has 1 aliphatic rings. The van der Waals surface area contributed by atoms with Crippen molar-refractivity contribution in [1.82, 2.24) is 0 Å². The van der Waals surface area contributed by atoms with Crippen LogP contribution in [0.15, 0.2) is 0 Å². The Hall–Kier alpha value is -0.610. The number of carbonyl (C=O) groups excluding carboxylic acids is 1. The molecule has 1 rings (SSSR count). The van der Waals surface area contributed by atoms with Gasteiger partial charge in [0, 0.05) is 5.92 Å². The van der Waals surface area contributed by atoms with Crippen molar-refractivity contribution in [2.75, 3.05) is 0 Å². The van der Waals surface area contributed by atoms with Crippen LogP contribution in [-0.2, 0) is 19.3 Å². The van der Waals surface area contributed by atoms with Crippen molar-refractivity contribution in [2.45, 2.75) is 93.0 Å². The smallest absolute Gasteiger partial charge is 0.373 e. The summed E-state index contributed by atoms with van der Waals surface area (Å²) < 4.78 is 5.50. The van der Waals surface area contributed by atoms with Gasteiger partial charge in [-0.3, -0.25) is 0 Å². The summed E-state index contributed by atoms with van der Waals surface area (Å²) in [5, 5.41) is 0. The second-order valence-electron chi connectivity index (χ2n) is 9.71. The molecule has 1 atom stereocenters. The van der Waals surface area contributed by atoms with Gasteiger partial charge in [0.1, 0.15) is 5.60 Å². The van der Waals surface area contributed by atoms with Crippen LogP contribution in [0.4, 0.5) is 0 Å². The molecule has 0 spiro atoms. The molecule has 22 heavy (non-hydrogen) atoms. The maximum absolute atomic E-state index is 12.5. The van der Waals surface area contributed by atoms with Crippen LogP contribution in [0.25, 0.3) is 0 Å². The van der Waals surface area contributed by atoms with Gasteiger partial charge < -0.3 is 4.74 Å². The molecule has 0 aromatic carbocycles. The molecule has 0 bridgehead atoms. The van der Waals surface area contributed by atoms with Gasteiger partial charge in [0.05, 0.1) is 0 Å². The second kappa shape index (κ2) is 6.12. The van der Waals surface area contributed by atoms with E-state index in [1.165, 1.54) is 0 Å². The maximum atomic E-state index is 12.5. The molecule has 0 saturated carbocycles. The van der Waals surface area contributed by atoms with Gasteiger partial charge in [0.15, 0.2) is 0 Å². The summed E-state index contributed by atoms with van der Waals surface area (Å²) in [6.45, 7) is 18.6. The predicted molar refractivity (Wildman–Crippen MR) is 87.0 cm³/mol. The van der Waals surface area contributed by atoms with Gasteiger partial charge in [-0.2, -0.15) is 9.78 Å². The molecule has 0 N–H and O–H groups in total. The van der Waals surface area contributed by atoms with E-state index in [2.05, 4.69) is 41.5 Å². The highest BCUT2D eigenvalue weighted by Crippen LogP contribution is 2.50. The Balaban J connectivity index is 2.82. The minimum Gasteiger partial charge on any atom is -0.456 e. The molecule has 1 fully saturated rings. The van der Waals surface area contributed by atoms with E-state index in [-0.39, 0.29) is 16.7 Å². The Morgan fingerprint density at radius 3 is 1.82 bits per heavy atom. The molecule has 0 aromatic heterocycles. The van der Waals surface area contributed by atoms with E-state index in [0.29, 0.717) is 0 Å². The summed E-state index contributed by atoms with van der Waals surface area (Å²) in [4.78, 5) is 22.9. The number of hydrogen-bond acceptors (Lipinski definition) is 4. The first-order valence-corrected chi connectivity index (χ1v) is 8.28. The molecule has 1 unspecified atom stereocenters. The van der Waals surface area contributed by atoms with Crippen molar-refractivity contribution in [2.24, 2.45) is 16.7 Å². The summed E-state index contributed by atoms with van der Waals surface area (Å²) in [5.41, 5.74) is -0.370. The minimum atomic E-state index is -1.22. The molecule has 4 heteroatoms. The van der Waals surface area contributed by atoms with Gasteiger partial charge in [-0.05, 0) is 44.4 Å². The molecule has 1 saturated heterocycles. The molecule has 0 radical (unpaired) electrons. The highest BCUT2D eigenvalue weighted by molar-refractivity contribution is 5.80. The number of esters is 1. The quantitative estimate of drug-likeness (QED) is 0.413. The Morgan fingerprint density at radius 1 is 1.00 bits per heavy atom. The van der Waals surface area contributed by atoms with E-state index in [0.717, 1.165) is 19.3 Å². The van der Waals surface area contributed by atoms with E-state index in [1.807, 2.05) is 20.8 Å². The average Bonchev–Trinajstić information content (AvgIpc) is 2.99. The lowest BCUT2D eigenvalue weighted by molar-refractivity contribution is -0.167. The topological polar surface area (TPSA) is 51.4 Å². The van der Waals surface area contributed by atoms with Crippen LogP contribution in [0.5, 0.6) is 0 Å². The summed E-state index contributed by atoms with van der Waals surface area (Å²) in [6, 6.07) is 0. The van der Waals surface area contributed by atoms with E-state index in [1.54, 1.807) is 0 Å². The fourth-order valence-corrected chi connectivity index (χ4v) is 2.75. The first kappa shape index (κ1) is 19.4. The number of hydrogen-bond donors (Lipinski definition) is 0. The normalized spacial score (nSPS) is 19.7. The minimum absolute atomic E-state index is 0.0304. The van der Waals surface area contributed by atoms with Crippen molar-refractivity contribution in [3.8, 4) is 0 Å². The third-order valence-corrected chi connectivity index (χ3v) is 3.87. The van der Waals surface area contributed by atoms with Crippen LogP contribution in [0.1, 0.15) is 81.6 Å². The van der Waals surface area contributed by atoms with Crippen LogP contribution < -0.4 is 0 Å². The molecular weight excluding hydrogens is 280 g/mol. The molecule has 1 aliphatic heterocycles. The first-order valence-electron chi connectivity index (χ1n) is 8.28. The van der Waals surface area contributed by atoms with Gasteiger partial charge in [-0.1, -0.05) is 48.0 Å². The second-order valence-corrected chi connectivity index (χ2v) is 9.71. The lowest BCUT2D eigenvalue weighted by Gasteiger charge is -2.33. The SMILES string of the molecule is CC(C)(C)CCCC(C(C)(C)C)C1(C(=O)OC(C)(C)C)OO1. The molecule has 1 heterocycles. The zero-order valence-corrected chi connectivity index (χ0v) is 15.8. The van der Waals surface area contributed by atoms with Crippen LogP contribution in [-0.4, -0.2) is 17.4 Å². The largest absolute Gasteiger partial charge is 0.456 e. The summed E-state index contributed by atoms with van der Waals surface area (Å²) >= 11 is 0. The van der Waals surface area contributed by atoms with E-state index in [9.17, 15) is 4.79 Å². The van der Waals surface area contributed by atoms with Crippen molar-refractivity contribution >= 4 is 5.97 Å². The third-order valence-electron chi connectivity index (χ3n) is 3.87. The first-order chi connectivity index (χ1) is 9.67. The Labute approximate surface area is 135 Å². The van der Waals surface area contributed by atoms with Crippen LogP contribution in [0.3, 0.4) is 0 Å². The highest BCUT2D eigenvalue weighted by atomic mass is 17.4. The number of carbonyl (C=O) groups is 1. The molecular formula is C18H34O4. The predicted octanol–water partition coefficient (Wildman–Crippen LogP) is 4.86. The molecule has 0 aliphatic carbocycles. The van der Waals surface area contributed by atoms with Crippen molar-refractivity contribution in [3.63, 3.8) is 0 Å². The fraction of sp³-hybridized carbons (Fsp3) is 0.944. The third kappa shape index (κ3) is 5.54. The molecule has 4 nitrogen and oxygen atoms in total. The number of rotatable bonds is 5. The van der Waals surface area contributed by atoms with E-state index in [4.69, 9.17) is 14.5 Å².